The summed E-state index contributed by atoms with van der Waals surface area (Å²) in [6.07, 6.45) is 0.423. The standard InChI is InChI=1S/C19H13ClFN5O3S/c20-12-4-5-16(26(28)29)15(9-12)18(27)22-7-6-14-10-30-19-23-17(24-25(14)19)11-2-1-3-13(21)8-11/h1-5,8-10H,6-7H2,(H,22,27). The smallest absolute Gasteiger partial charge is 0.282 e. The maximum atomic E-state index is 13.4. The normalized spacial score (nSPS) is 11.0. The van der Waals surface area contributed by atoms with Crippen molar-refractivity contribution in [1.29, 1.82) is 0 Å². The van der Waals surface area contributed by atoms with E-state index in [1.54, 1.807) is 16.6 Å². The first-order valence-electron chi connectivity index (χ1n) is 8.73. The average Bonchev–Trinajstić information content (AvgIpc) is 3.29. The molecule has 2 aromatic heterocycles. The van der Waals surface area contributed by atoms with Crippen molar-refractivity contribution in [2.75, 3.05) is 6.54 Å². The number of fused-ring (bicyclic) bond motifs is 1. The van der Waals surface area contributed by atoms with Crippen molar-refractivity contribution in [3.05, 3.63) is 80.1 Å². The fourth-order valence-corrected chi connectivity index (χ4v) is 3.92. The topological polar surface area (TPSA) is 102 Å². The molecule has 0 saturated heterocycles. The summed E-state index contributed by atoms with van der Waals surface area (Å²) < 4.78 is 15.1. The molecule has 1 N–H and O–H groups in total. The van der Waals surface area contributed by atoms with Gasteiger partial charge in [0.05, 0.1) is 10.6 Å². The van der Waals surface area contributed by atoms with Gasteiger partial charge in [-0.3, -0.25) is 14.9 Å². The molecular weight excluding hydrogens is 433 g/mol. The summed E-state index contributed by atoms with van der Waals surface area (Å²) in [6.45, 7) is 0.226. The van der Waals surface area contributed by atoms with Crippen molar-refractivity contribution in [1.82, 2.24) is 19.9 Å². The minimum absolute atomic E-state index is 0.0999. The molecule has 0 fully saturated rings. The summed E-state index contributed by atoms with van der Waals surface area (Å²) in [5.74, 6) is -0.556. The van der Waals surface area contributed by atoms with Crippen molar-refractivity contribution < 1.29 is 14.1 Å². The molecule has 0 aliphatic rings. The lowest BCUT2D eigenvalue weighted by atomic mass is 10.1. The summed E-state index contributed by atoms with van der Waals surface area (Å²) in [5, 5.41) is 20.3. The molecule has 30 heavy (non-hydrogen) atoms. The SMILES string of the molecule is O=C(NCCc1csc2nc(-c3cccc(F)c3)nn12)c1cc(Cl)ccc1[N+](=O)[O-]. The number of halogens is 2. The molecule has 2 heterocycles. The van der Waals surface area contributed by atoms with Gasteiger partial charge in [0.25, 0.3) is 11.6 Å². The molecule has 0 radical (unpaired) electrons. The van der Waals surface area contributed by atoms with Gasteiger partial charge >= 0.3 is 0 Å². The van der Waals surface area contributed by atoms with Crippen LogP contribution in [0.2, 0.25) is 5.02 Å². The van der Waals surface area contributed by atoms with Crippen LogP contribution in [0.3, 0.4) is 0 Å². The van der Waals surface area contributed by atoms with E-state index >= 15 is 0 Å². The molecule has 4 aromatic rings. The Balaban J connectivity index is 1.48. The average molecular weight is 446 g/mol. The van der Waals surface area contributed by atoms with Gasteiger partial charge in [0.1, 0.15) is 11.4 Å². The Bertz CT molecular complexity index is 1270. The number of hydrogen-bond donors (Lipinski definition) is 1. The molecule has 4 rings (SSSR count). The lowest BCUT2D eigenvalue weighted by Crippen LogP contribution is -2.26. The molecule has 1 amide bonds. The first-order valence-corrected chi connectivity index (χ1v) is 9.99. The first kappa shape index (κ1) is 19.9. The van der Waals surface area contributed by atoms with Crippen LogP contribution < -0.4 is 5.32 Å². The predicted molar refractivity (Wildman–Crippen MR) is 110 cm³/mol. The van der Waals surface area contributed by atoms with E-state index in [4.69, 9.17) is 11.6 Å². The summed E-state index contributed by atoms with van der Waals surface area (Å²) in [5.41, 5.74) is 0.951. The van der Waals surface area contributed by atoms with E-state index in [1.807, 2.05) is 5.38 Å². The van der Waals surface area contributed by atoms with Gasteiger partial charge in [-0.2, -0.15) is 4.98 Å². The third kappa shape index (κ3) is 4.00. The number of hydrogen-bond acceptors (Lipinski definition) is 6. The van der Waals surface area contributed by atoms with Crippen LogP contribution in [-0.4, -0.2) is 32.0 Å². The Morgan fingerprint density at radius 2 is 2.13 bits per heavy atom. The number of nitrogens with zero attached hydrogens (tertiary/aromatic N) is 4. The van der Waals surface area contributed by atoms with E-state index < -0.39 is 10.8 Å². The third-order valence-electron chi connectivity index (χ3n) is 4.30. The Morgan fingerprint density at radius 3 is 2.90 bits per heavy atom. The number of nitrogens with one attached hydrogen (secondary N) is 1. The second kappa shape index (κ2) is 8.17. The summed E-state index contributed by atoms with van der Waals surface area (Å²) in [4.78, 5) is 27.9. The Morgan fingerprint density at radius 1 is 1.30 bits per heavy atom. The summed E-state index contributed by atoms with van der Waals surface area (Å²) in [7, 11) is 0. The molecule has 0 saturated carbocycles. The number of carbonyl (C=O) groups excluding carboxylic acids is 1. The number of nitro benzene ring substituents is 1. The lowest BCUT2D eigenvalue weighted by molar-refractivity contribution is -0.385. The second-order valence-electron chi connectivity index (χ2n) is 6.29. The van der Waals surface area contributed by atoms with Crippen molar-refractivity contribution in [2.24, 2.45) is 0 Å². The van der Waals surface area contributed by atoms with Crippen molar-refractivity contribution in [3.8, 4) is 11.4 Å². The molecule has 0 aliphatic heterocycles. The van der Waals surface area contributed by atoms with Crippen LogP contribution in [0.5, 0.6) is 0 Å². The van der Waals surface area contributed by atoms with Gasteiger partial charge in [-0.05, 0) is 24.3 Å². The fourth-order valence-electron chi connectivity index (χ4n) is 2.90. The monoisotopic (exact) mass is 445 g/mol. The molecule has 0 aliphatic carbocycles. The largest absolute Gasteiger partial charge is 0.351 e. The van der Waals surface area contributed by atoms with Gasteiger partial charge in [0.15, 0.2) is 5.82 Å². The van der Waals surface area contributed by atoms with Crippen LogP contribution in [0.1, 0.15) is 16.1 Å². The number of amides is 1. The van der Waals surface area contributed by atoms with E-state index in [0.29, 0.717) is 22.8 Å². The van der Waals surface area contributed by atoms with Gasteiger partial charge in [-0.1, -0.05) is 23.7 Å². The molecular formula is C19H13ClFN5O3S. The predicted octanol–water partition coefficient (Wildman–Crippen LogP) is 4.13. The summed E-state index contributed by atoms with van der Waals surface area (Å²) in [6, 6.07) is 9.84. The van der Waals surface area contributed by atoms with Crippen molar-refractivity contribution >= 4 is 39.5 Å². The summed E-state index contributed by atoms with van der Waals surface area (Å²) >= 11 is 7.24. The number of rotatable bonds is 6. The molecule has 152 valence electrons. The highest BCUT2D eigenvalue weighted by atomic mass is 35.5. The van der Waals surface area contributed by atoms with Crippen LogP contribution in [-0.2, 0) is 6.42 Å². The first-order chi connectivity index (χ1) is 14.4. The number of benzene rings is 2. The Hall–Kier alpha value is -3.37. The number of aromatic nitrogens is 3. The highest BCUT2D eigenvalue weighted by Gasteiger charge is 2.20. The van der Waals surface area contributed by atoms with Crippen LogP contribution >= 0.6 is 22.9 Å². The second-order valence-corrected chi connectivity index (χ2v) is 7.56. The fraction of sp³-hybridized carbons (Fsp3) is 0.105. The molecule has 2 aromatic carbocycles. The number of carbonyl (C=O) groups is 1. The Labute approximate surface area is 178 Å². The van der Waals surface area contributed by atoms with Crippen molar-refractivity contribution in [3.63, 3.8) is 0 Å². The molecule has 11 heteroatoms. The van der Waals surface area contributed by atoms with Crippen LogP contribution in [0, 0.1) is 15.9 Å². The van der Waals surface area contributed by atoms with Gasteiger partial charge in [-0.15, -0.1) is 16.4 Å². The zero-order chi connectivity index (χ0) is 21.3. The van der Waals surface area contributed by atoms with Gasteiger partial charge in [0.2, 0.25) is 4.96 Å². The van der Waals surface area contributed by atoms with Crippen LogP contribution in [0.4, 0.5) is 10.1 Å². The zero-order valence-electron chi connectivity index (χ0n) is 15.2. The molecule has 0 unspecified atom stereocenters. The van der Waals surface area contributed by atoms with Gasteiger partial charge in [-0.25, -0.2) is 8.91 Å². The maximum absolute atomic E-state index is 13.4. The molecule has 0 spiro atoms. The molecule has 0 bridgehead atoms. The van der Waals surface area contributed by atoms with E-state index in [0.717, 1.165) is 5.69 Å². The van der Waals surface area contributed by atoms with E-state index in [1.165, 1.54) is 41.7 Å². The van der Waals surface area contributed by atoms with E-state index in [2.05, 4.69) is 15.4 Å². The lowest BCUT2D eigenvalue weighted by Gasteiger charge is -2.06. The van der Waals surface area contributed by atoms with Gasteiger partial charge in [0, 0.05) is 35.0 Å². The number of nitro groups is 1. The third-order valence-corrected chi connectivity index (χ3v) is 5.40. The molecule has 0 atom stereocenters. The highest BCUT2D eigenvalue weighted by molar-refractivity contribution is 7.15. The van der Waals surface area contributed by atoms with Crippen molar-refractivity contribution in [2.45, 2.75) is 6.42 Å². The zero-order valence-corrected chi connectivity index (χ0v) is 16.8. The van der Waals surface area contributed by atoms with E-state index in [9.17, 15) is 19.3 Å². The quantitative estimate of drug-likeness (QED) is 0.355. The van der Waals surface area contributed by atoms with Crippen LogP contribution in [0.15, 0.2) is 47.8 Å². The highest BCUT2D eigenvalue weighted by Crippen LogP contribution is 2.23. The minimum atomic E-state index is -0.628. The van der Waals surface area contributed by atoms with Crippen LogP contribution in [0.25, 0.3) is 16.3 Å². The number of thiazole rings is 1. The minimum Gasteiger partial charge on any atom is -0.351 e. The maximum Gasteiger partial charge on any atom is 0.282 e. The van der Waals surface area contributed by atoms with E-state index in [-0.39, 0.29) is 28.6 Å². The molecule has 8 nitrogen and oxygen atoms in total. The Kier molecular flexibility index (Phi) is 5.42. The van der Waals surface area contributed by atoms with Gasteiger partial charge < -0.3 is 5.32 Å².